The predicted molar refractivity (Wildman–Crippen MR) is 82.4 cm³/mol. The number of pyridine rings is 1. The number of halogens is 3. The fourth-order valence-corrected chi connectivity index (χ4v) is 1.99. The Labute approximate surface area is 135 Å². The predicted octanol–water partition coefficient (Wildman–Crippen LogP) is 2.57. The minimum atomic E-state index is -1.08. The Balaban J connectivity index is 2.00. The average molecular weight is 344 g/mol. The summed E-state index contributed by atoms with van der Waals surface area (Å²) in [5.74, 6) is -1.00. The summed E-state index contributed by atoms with van der Waals surface area (Å²) in [6.45, 7) is -0.109. The smallest absolute Gasteiger partial charge is 0.253 e. The molecule has 0 aliphatic rings. The minimum Gasteiger partial charge on any atom is -0.387 e. The number of amides is 1. The molecule has 8 heteroatoms. The summed E-state index contributed by atoms with van der Waals surface area (Å²) in [5, 5.41) is 12.6. The van der Waals surface area contributed by atoms with Crippen molar-refractivity contribution in [2.45, 2.75) is 6.10 Å². The number of carbonyl (C=O) groups excluding carboxylic acids is 1. The van der Waals surface area contributed by atoms with E-state index >= 15 is 0 Å². The fourth-order valence-electron chi connectivity index (χ4n) is 1.70. The topological polar surface area (TPSA) is 88.2 Å². The summed E-state index contributed by atoms with van der Waals surface area (Å²) in [6, 6.07) is 5.29. The molecule has 0 fully saturated rings. The number of rotatable bonds is 4. The molecule has 0 radical (unpaired) electrons. The fraction of sp³-hybridized carbons (Fsp3) is 0.143. The van der Waals surface area contributed by atoms with Gasteiger partial charge in [-0.15, -0.1) is 0 Å². The third-order valence-electron chi connectivity index (χ3n) is 2.92. The Hall–Kier alpha value is -1.89. The quantitative estimate of drug-likeness (QED) is 0.795. The highest BCUT2D eigenvalue weighted by Gasteiger charge is 2.13. The van der Waals surface area contributed by atoms with Gasteiger partial charge >= 0.3 is 0 Å². The van der Waals surface area contributed by atoms with Crippen LogP contribution >= 0.6 is 23.2 Å². The molecule has 0 spiro atoms. The molecule has 0 saturated heterocycles. The second kappa shape index (κ2) is 6.91. The second-order valence-electron chi connectivity index (χ2n) is 4.49. The lowest BCUT2D eigenvalue weighted by atomic mass is 10.1. The highest BCUT2D eigenvalue weighted by atomic mass is 35.5. The number of nitrogens with zero attached hydrogens (tertiary/aromatic N) is 1. The van der Waals surface area contributed by atoms with Crippen molar-refractivity contribution in [3.8, 4) is 0 Å². The summed E-state index contributed by atoms with van der Waals surface area (Å²) in [6.07, 6.45) is 0.193. The first-order valence-electron chi connectivity index (χ1n) is 6.20. The zero-order chi connectivity index (χ0) is 16.3. The number of anilines is 1. The van der Waals surface area contributed by atoms with Gasteiger partial charge in [-0.2, -0.15) is 0 Å². The summed E-state index contributed by atoms with van der Waals surface area (Å²) in [7, 11) is 0. The first-order chi connectivity index (χ1) is 10.4. The minimum absolute atomic E-state index is 0.0393. The molecule has 2 rings (SSSR count). The van der Waals surface area contributed by atoms with E-state index in [2.05, 4.69) is 10.3 Å². The molecule has 0 aliphatic carbocycles. The number of nitrogen functional groups attached to an aromatic ring is 1. The molecule has 1 unspecified atom stereocenters. The van der Waals surface area contributed by atoms with E-state index in [-0.39, 0.29) is 28.0 Å². The highest BCUT2D eigenvalue weighted by Crippen LogP contribution is 2.20. The van der Waals surface area contributed by atoms with Crippen LogP contribution in [0.5, 0.6) is 0 Å². The van der Waals surface area contributed by atoms with Gasteiger partial charge in [0.2, 0.25) is 0 Å². The van der Waals surface area contributed by atoms with Crippen LogP contribution < -0.4 is 11.1 Å². The molecule has 5 nitrogen and oxygen atoms in total. The molecule has 2 aromatic rings. The lowest BCUT2D eigenvalue weighted by Gasteiger charge is -2.13. The largest absolute Gasteiger partial charge is 0.387 e. The number of nitrogens with two attached hydrogens (primary N) is 1. The van der Waals surface area contributed by atoms with E-state index in [4.69, 9.17) is 28.9 Å². The van der Waals surface area contributed by atoms with E-state index in [1.54, 1.807) is 0 Å². The number of aliphatic hydroxyl groups excluding tert-OH is 1. The normalized spacial score (nSPS) is 12.0. The molecule has 1 heterocycles. The van der Waals surface area contributed by atoms with Gasteiger partial charge in [-0.05, 0) is 23.8 Å². The number of hydrogen-bond donors (Lipinski definition) is 3. The van der Waals surface area contributed by atoms with Crippen LogP contribution in [0.1, 0.15) is 22.0 Å². The molecule has 0 bridgehead atoms. The van der Waals surface area contributed by atoms with E-state index in [0.29, 0.717) is 5.56 Å². The maximum atomic E-state index is 13.3. The van der Waals surface area contributed by atoms with Crippen molar-refractivity contribution in [2.75, 3.05) is 12.3 Å². The number of aromatic nitrogens is 1. The van der Waals surface area contributed by atoms with Crippen molar-refractivity contribution in [3.63, 3.8) is 0 Å². The maximum Gasteiger partial charge on any atom is 0.253 e. The molecule has 0 saturated carbocycles. The first-order valence-corrected chi connectivity index (χ1v) is 6.96. The van der Waals surface area contributed by atoms with E-state index in [1.807, 2.05) is 0 Å². The van der Waals surface area contributed by atoms with Crippen molar-refractivity contribution >= 4 is 34.9 Å². The van der Waals surface area contributed by atoms with Gasteiger partial charge in [-0.1, -0.05) is 29.3 Å². The Morgan fingerprint density at radius 2 is 2.09 bits per heavy atom. The molecular formula is C14H12Cl2FN3O2. The van der Waals surface area contributed by atoms with Gasteiger partial charge in [-0.25, -0.2) is 9.37 Å². The standard InChI is InChI=1S/C14H12Cl2FN3O2/c15-9-2-1-7(4-11(9)17)12(21)6-20-14(22)8-3-10(16)13(18)19-5-8/h1-5,12,21H,6H2,(H2,18,19)(H,20,22). The molecule has 116 valence electrons. The van der Waals surface area contributed by atoms with Crippen LogP contribution in [0, 0.1) is 5.82 Å². The van der Waals surface area contributed by atoms with E-state index in [9.17, 15) is 14.3 Å². The second-order valence-corrected chi connectivity index (χ2v) is 5.30. The lowest BCUT2D eigenvalue weighted by Crippen LogP contribution is -2.28. The van der Waals surface area contributed by atoms with E-state index in [0.717, 1.165) is 6.07 Å². The van der Waals surface area contributed by atoms with Gasteiger partial charge < -0.3 is 16.2 Å². The molecule has 1 aromatic carbocycles. The highest BCUT2D eigenvalue weighted by molar-refractivity contribution is 6.33. The van der Waals surface area contributed by atoms with Crippen LogP contribution in [0.2, 0.25) is 10.0 Å². The van der Waals surface area contributed by atoms with Crippen LogP contribution in [-0.2, 0) is 0 Å². The average Bonchev–Trinajstić information content (AvgIpc) is 2.50. The first kappa shape index (κ1) is 16.5. The number of carbonyl (C=O) groups is 1. The van der Waals surface area contributed by atoms with Crippen molar-refractivity contribution in [3.05, 3.63) is 57.5 Å². The van der Waals surface area contributed by atoms with Crippen LogP contribution in [0.4, 0.5) is 10.2 Å². The van der Waals surface area contributed by atoms with E-state index < -0.39 is 17.8 Å². The molecule has 1 aromatic heterocycles. The van der Waals surface area contributed by atoms with Gasteiger partial charge in [0.15, 0.2) is 0 Å². The number of nitrogens with one attached hydrogen (secondary N) is 1. The Kier molecular flexibility index (Phi) is 5.18. The monoisotopic (exact) mass is 343 g/mol. The van der Waals surface area contributed by atoms with Gasteiger partial charge in [0.05, 0.1) is 21.7 Å². The molecule has 1 atom stereocenters. The van der Waals surface area contributed by atoms with Gasteiger partial charge in [0.25, 0.3) is 5.91 Å². The molecular weight excluding hydrogens is 332 g/mol. The van der Waals surface area contributed by atoms with Gasteiger partial charge in [-0.3, -0.25) is 4.79 Å². The summed E-state index contributed by atoms with van der Waals surface area (Å²) < 4.78 is 13.3. The molecule has 22 heavy (non-hydrogen) atoms. The number of benzene rings is 1. The zero-order valence-corrected chi connectivity index (χ0v) is 12.7. The number of hydrogen-bond acceptors (Lipinski definition) is 4. The van der Waals surface area contributed by atoms with Crippen molar-refractivity contribution in [1.29, 1.82) is 0 Å². The Morgan fingerprint density at radius 3 is 2.73 bits per heavy atom. The SMILES string of the molecule is Nc1ncc(C(=O)NCC(O)c2ccc(Cl)c(F)c2)cc1Cl. The zero-order valence-electron chi connectivity index (χ0n) is 11.2. The summed E-state index contributed by atoms with van der Waals surface area (Å²) in [5.41, 5.74) is 5.96. The Morgan fingerprint density at radius 1 is 1.36 bits per heavy atom. The van der Waals surface area contributed by atoms with E-state index in [1.165, 1.54) is 24.4 Å². The van der Waals surface area contributed by atoms with Crippen molar-refractivity contribution in [2.24, 2.45) is 0 Å². The van der Waals surface area contributed by atoms with Crippen LogP contribution in [0.15, 0.2) is 30.5 Å². The summed E-state index contributed by atoms with van der Waals surface area (Å²) >= 11 is 11.3. The third kappa shape index (κ3) is 3.85. The van der Waals surface area contributed by atoms with Crippen molar-refractivity contribution in [1.82, 2.24) is 10.3 Å². The summed E-state index contributed by atoms with van der Waals surface area (Å²) in [4.78, 5) is 15.7. The van der Waals surface area contributed by atoms with Crippen molar-refractivity contribution < 1.29 is 14.3 Å². The van der Waals surface area contributed by atoms with Gasteiger partial charge in [0.1, 0.15) is 11.6 Å². The third-order valence-corrected chi connectivity index (χ3v) is 3.53. The molecule has 0 aliphatic heterocycles. The lowest BCUT2D eigenvalue weighted by molar-refractivity contribution is 0.0916. The van der Waals surface area contributed by atoms with Crippen LogP contribution in [0.25, 0.3) is 0 Å². The van der Waals surface area contributed by atoms with Gasteiger partial charge in [0, 0.05) is 12.7 Å². The molecule has 4 N–H and O–H groups in total. The van der Waals surface area contributed by atoms with Crippen LogP contribution in [-0.4, -0.2) is 22.5 Å². The molecule has 1 amide bonds. The van der Waals surface area contributed by atoms with Crippen LogP contribution in [0.3, 0.4) is 0 Å². The maximum absolute atomic E-state index is 13.3. The Bertz CT molecular complexity index is 712. The number of aliphatic hydroxyl groups is 1.